The number of aryl methyl sites for hydroxylation is 1. The molecule has 0 saturated heterocycles. The number of carbonyl (C=O) groups excluding carboxylic acids is 2. The van der Waals surface area contributed by atoms with E-state index >= 15 is 0 Å². The van der Waals surface area contributed by atoms with Crippen LogP contribution in [-0.2, 0) is 20.7 Å². The Balaban J connectivity index is 1.79. The normalized spacial score (nSPS) is 10.2. The molecular formula is C19H19F2NO5. The highest BCUT2D eigenvalue weighted by Crippen LogP contribution is 2.28. The van der Waals surface area contributed by atoms with Crippen LogP contribution < -0.4 is 14.8 Å². The quantitative estimate of drug-likeness (QED) is 0.714. The minimum atomic E-state index is -0.914. The molecule has 0 radical (unpaired) electrons. The van der Waals surface area contributed by atoms with Crippen molar-refractivity contribution in [2.24, 2.45) is 0 Å². The van der Waals surface area contributed by atoms with E-state index in [1.54, 1.807) is 18.2 Å². The lowest BCUT2D eigenvalue weighted by atomic mass is 10.1. The van der Waals surface area contributed by atoms with Gasteiger partial charge in [0.1, 0.15) is 11.6 Å². The van der Waals surface area contributed by atoms with Gasteiger partial charge in [-0.1, -0.05) is 6.07 Å². The summed E-state index contributed by atoms with van der Waals surface area (Å²) in [6.45, 7) is -0.568. The van der Waals surface area contributed by atoms with Crippen molar-refractivity contribution < 1.29 is 32.6 Å². The van der Waals surface area contributed by atoms with Crippen LogP contribution in [0.1, 0.15) is 12.0 Å². The summed E-state index contributed by atoms with van der Waals surface area (Å²) < 4.78 is 41.5. The zero-order valence-corrected chi connectivity index (χ0v) is 14.9. The number of amides is 1. The molecule has 0 atom stereocenters. The fraction of sp³-hybridized carbons (Fsp3) is 0.263. The van der Waals surface area contributed by atoms with Gasteiger partial charge in [-0.3, -0.25) is 9.59 Å². The van der Waals surface area contributed by atoms with Gasteiger partial charge in [0.25, 0.3) is 5.91 Å². The van der Waals surface area contributed by atoms with Gasteiger partial charge in [-0.05, 0) is 36.2 Å². The largest absolute Gasteiger partial charge is 0.493 e. The number of rotatable bonds is 8. The molecule has 2 aromatic rings. The van der Waals surface area contributed by atoms with E-state index in [1.165, 1.54) is 14.2 Å². The molecule has 2 rings (SSSR count). The number of benzene rings is 2. The van der Waals surface area contributed by atoms with E-state index in [9.17, 15) is 18.4 Å². The molecule has 8 heteroatoms. The van der Waals surface area contributed by atoms with Crippen molar-refractivity contribution in [3.05, 3.63) is 53.6 Å². The van der Waals surface area contributed by atoms with Crippen LogP contribution in [0.5, 0.6) is 11.5 Å². The van der Waals surface area contributed by atoms with E-state index in [2.05, 4.69) is 5.32 Å². The minimum Gasteiger partial charge on any atom is -0.493 e. The van der Waals surface area contributed by atoms with Crippen LogP contribution in [-0.4, -0.2) is 32.7 Å². The number of methoxy groups -OCH3 is 2. The monoisotopic (exact) mass is 379 g/mol. The Labute approximate surface area is 155 Å². The second-order valence-corrected chi connectivity index (χ2v) is 5.52. The molecule has 0 aliphatic carbocycles. The summed E-state index contributed by atoms with van der Waals surface area (Å²) in [5, 5.41) is 2.21. The summed E-state index contributed by atoms with van der Waals surface area (Å²) in [5.41, 5.74) is 0.644. The second-order valence-electron chi connectivity index (χ2n) is 5.52. The minimum absolute atomic E-state index is 0.0493. The van der Waals surface area contributed by atoms with Crippen LogP contribution in [0.2, 0.25) is 0 Å². The summed E-state index contributed by atoms with van der Waals surface area (Å²) in [5.74, 6) is -1.85. The summed E-state index contributed by atoms with van der Waals surface area (Å²) in [7, 11) is 3.04. The van der Waals surface area contributed by atoms with Gasteiger partial charge in [-0.25, -0.2) is 8.78 Å². The maximum atomic E-state index is 13.5. The average Bonchev–Trinajstić information content (AvgIpc) is 2.66. The molecule has 0 spiro atoms. The van der Waals surface area contributed by atoms with E-state index in [1.807, 2.05) is 0 Å². The van der Waals surface area contributed by atoms with Crippen LogP contribution in [0.15, 0.2) is 36.4 Å². The average molecular weight is 379 g/mol. The van der Waals surface area contributed by atoms with E-state index in [0.717, 1.165) is 17.7 Å². The zero-order valence-electron chi connectivity index (χ0n) is 14.9. The van der Waals surface area contributed by atoms with Crippen molar-refractivity contribution in [1.29, 1.82) is 0 Å². The topological polar surface area (TPSA) is 73.9 Å². The molecule has 0 saturated carbocycles. The molecule has 0 fully saturated rings. The number of carbonyl (C=O) groups is 2. The van der Waals surface area contributed by atoms with Gasteiger partial charge in [0.15, 0.2) is 18.1 Å². The first-order valence-electron chi connectivity index (χ1n) is 8.04. The highest BCUT2D eigenvalue weighted by atomic mass is 19.1. The molecule has 0 bridgehead atoms. The number of ether oxygens (including phenoxy) is 3. The number of hydrogen-bond donors (Lipinski definition) is 1. The third kappa shape index (κ3) is 5.95. The van der Waals surface area contributed by atoms with Gasteiger partial charge in [-0.15, -0.1) is 0 Å². The Morgan fingerprint density at radius 2 is 1.74 bits per heavy atom. The number of nitrogens with one attached hydrogen (secondary N) is 1. The van der Waals surface area contributed by atoms with Gasteiger partial charge in [-0.2, -0.15) is 0 Å². The third-order valence-electron chi connectivity index (χ3n) is 3.64. The maximum Gasteiger partial charge on any atom is 0.306 e. The predicted octanol–water partition coefficient (Wildman–Crippen LogP) is 3.10. The Morgan fingerprint density at radius 1 is 1.00 bits per heavy atom. The molecule has 6 nitrogen and oxygen atoms in total. The van der Waals surface area contributed by atoms with Crippen molar-refractivity contribution in [3.63, 3.8) is 0 Å². The maximum absolute atomic E-state index is 13.5. The van der Waals surface area contributed by atoms with Gasteiger partial charge >= 0.3 is 5.97 Å². The lowest BCUT2D eigenvalue weighted by Gasteiger charge is -2.10. The van der Waals surface area contributed by atoms with E-state index in [0.29, 0.717) is 24.0 Å². The Morgan fingerprint density at radius 3 is 2.41 bits per heavy atom. The highest BCUT2D eigenvalue weighted by molar-refractivity contribution is 5.92. The summed E-state index contributed by atoms with van der Waals surface area (Å²) >= 11 is 0. The molecule has 27 heavy (non-hydrogen) atoms. The third-order valence-corrected chi connectivity index (χ3v) is 3.64. The lowest BCUT2D eigenvalue weighted by molar-refractivity contribution is -0.147. The molecule has 144 valence electrons. The molecule has 0 aliphatic heterocycles. The fourth-order valence-electron chi connectivity index (χ4n) is 2.28. The first kappa shape index (κ1) is 20.2. The van der Waals surface area contributed by atoms with Crippen molar-refractivity contribution in [2.45, 2.75) is 12.8 Å². The molecule has 0 heterocycles. The summed E-state index contributed by atoms with van der Waals surface area (Å²) in [4.78, 5) is 23.5. The van der Waals surface area contributed by atoms with E-state index in [-0.39, 0.29) is 12.1 Å². The summed E-state index contributed by atoms with van der Waals surface area (Å²) in [6, 6.07) is 8.00. The van der Waals surface area contributed by atoms with Crippen molar-refractivity contribution in [2.75, 3.05) is 26.1 Å². The Bertz CT molecular complexity index is 826. The number of anilines is 1. The fourth-order valence-corrected chi connectivity index (χ4v) is 2.28. The summed E-state index contributed by atoms with van der Waals surface area (Å²) in [6.07, 6.45) is 0.432. The smallest absolute Gasteiger partial charge is 0.306 e. The van der Waals surface area contributed by atoms with Crippen LogP contribution >= 0.6 is 0 Å². The predicted molar refractivity (Wildman–Crippen MR) is 93.8 cm³/mol. The molecular weight excluding hydrogens is 360 g/mol. The van der Waals surface area contributed by atoms with Gasteiger partial charge in [0, 0.05) is 12.5 Å². The van der Waals surface area contributed by atoms with Crippen LogP contribution in [0.3, 0.4) is 0 Å². The van der Waals surface area contributed by atoms with Crippen LogP contribution in [0.4, 0.5) is 14.5 Å². The number of hydrogen-bond acceptors (Lipinski definition) is 5. The highest BCUT2D eigenvalue weighted by Gasteiger charge is 2.12. The SMILES string of the molecule is COc1ccc(CCC(=O)OCC(=O)Nc2ccc(F)cc2F)cc1OC. The van der Waals surface area contributed by atoms with Crippen molar-refractivity contribution in [3.8, 4) is 11.5 Å². The molecule has 2 aromatic carbocycles. The molecule has 0 unspecified atom stereocenters. The van der Waals surface area contributed by atoms with Crippen molar-refractivity contribution >= 4 is 17.6 Å². The van der Waals surface area contributed by atoms with Crippen LogP contribution in [0, 0.1) is 11.6 Å². The van der Waals surface area contributed by atoms with E-state index in [4.69, 9.17) is 14.2 Å². The molecule has 0 aliphatic rings. The van der Waals surface area contributed by atoms with Crippen molar-refractivity contribution in [1.82, 2.24) is 0 Å². The van der Waals surface area contributed by atoms with Crippen LogP contribution in [0.25, 0.3) is 0 Å². The lowest BCUT2D eigenvalue weighted by Crippen LogP contribution is -2.21. The Kier molecular flexibility index (Phi) is 7.10. The van der Waals surface area contributed by atoms with E-state index < -0.39 is 30.1 Å². The van der Waals surface area contributed by atoms with Gasteiger partial charge < -0.3 is 19.5 Å². The Hall–Kier alpha value is -3.16. The van der Waals surface area contributed by atoms with Gasteiger partial charge in [0.05, 0.1) is 19.9 Å². The van der Waals surface area contributed by atoms with Gasteiger partial charge in [0.2, 0.25) is 0 Å². The molecule has 1 N–H and O–H groups in total. The second kappa shape index (κ2) is 9.51. The number of halogens is 2. The first-order valence-corrected chi connectivity index (χ1v) is 8.04. The standard InChI is InChI=1S/C19H19F2NO5/c1-25-16-7-3-12(9-17(16)26-2)4-8-19(24)27-11-18(23)22-15-6-5-13(20)10-14(15)21/h3,5-7,9-10H,4,8,11H2,1-2H3,(H,22,23). The zero-order chi connectivity index (χ0) is 19.8. The molecule has 0 aromatic heterocycles. The molecule has 1 amide bonds. The number of esters is 1. The first-order chi connectivity index (χ1) is 12.9.